The molecule has 0 saturated heterocycles. The van der Waals surface area contributed by atoms with Gasteiger partial charge in [-0.15, -0.1) is 5.98 Å². The Bertz CT molecular complexity index is 358. The van der Waals surface area contributed by atoms with Crippen molar-refractivity contribution in [1.82, 2.24) is 0 Å². The first-order valence-corrected chi connectivity index (χ1v) is 4.35. The molecule has 0 fully saturated rings. The average molecular weight is 238 g/mol. The Kier molecular flexibility index (Phi) is 6.44. The molecule has 0 saturated carbocycles. The maximum absolute atomic E-state index is 11.9. The van der Waals surface area contributed by atoms with Crippen molar-refractivity contribution in [2.75, 3.05) is 0 Å². The van der Waals surface area contributed by atoms with Gasteiger partial charge in [0.15, 0.2) is 0 Å². The number of hydrogen-bond acceptors (Lipinski definition) is 0. The van der Waals surface area contributed by atoms with Crippen LogP contribution in [-0.2, 0) is 0 Å². The molecule has 15 heavy (non-hydrogen) atoms. The Labute approximate surface area is 130 Å². The van der Waals surface area contributed by atoms with Gasteiger partial charge < -0.3 is 12.9 Å². The van der Waals surface area contributed by atoms with Gasteiger partial charge in [-0.1, -0.05) is 24.3 Å². The minimum absolute atomic E-state index is 0. The monoisotopic (exact) mass is 238 g/mol. The molecule has 0 aliphatic heterocycles. The molecule has 0 bridgehead atoms. The summed E-state index contributed by atoms with van der Waals surface area (Å²) in [6.07, 6.45) is 1.13. The molecule has 0 aromatic heterocycles. The molecule has 1 aromatic carbocycles. The summed E-state index contributed by atoms with van der Waals surface area (Å²) in [5.41, 5.74) is 2.52. The second-order valence-corrected chi connectivity index (χ2v) is 3.27. The van der Waals surface area contributed by atoms with Crippen LogP contribution in [0.15, 0.2) is 24.2 Å². The van der Waals surface area contributed by atoms with Crippen LogP contribution in [0.1, 0.15) is 16.7 Å². The van der Waals surface area contributed by atoms with Crippen molar-refractivity contribution in [3.05, 3.63) is 40.9 Å². The largest absolute Gasteiger partial charge is 1.00 e. The SMILES string of the molecule is Cc1cccc(/C=C/[B-](F)(F)F)c1C.[K+]. The molecule has 0 amide bonds. The molecular weight excluding hydrogens is 227 g/mol. The average Bonchev–Trinajstić information content (AvgIpc) is 2.06. The number of aryl methyl sites for hydroxylation is 1. The van der Waals surface area contributed by atoms with Crippen molar-refractivity contribution < 1.29 is 64.3 Å². The molecule has 1 aromatic rings. The van der Waals surface area contributed by atoms with E-state index >= 15 is 0 Å². The summed E-state index contributed by atoms with van der Waals surface area (Å²) in [5, 5.41) is 0. The van der Waals surface area contributed by atoms with E-state index in [1.165, 1.54) is 0 Å². The molecule has 0 unspecified atom stereocenters. The third-order valence-corrected chi connectivity index (χ3v) is 2.14. The van der Waals surface area contributed by atoms with Gasteiger partial charge in [0.25, 0.3) is 0 Å². The van der Waals surface area contributed by atoms with E-state index in [-0.39, 0.29) is 51.4 Å². The Balaban J connectivity index is 0.00000196. The molecule has 0 radical (unpaired) electrons. The van der Waals surface area contributed by atoms with Crippen LogP contribution in [-0.4, -0.2) is 6.98 Å². The number of rotatable bonds is 2. The second kappa shape index (κ2) is 6.25. The van der Waals surface area contributed by atoms with Gasteiger partial charge in [0.05, 0.1) is 0 Å². The molecule has 76 valence electrons. The van der Waals surface area contributed by atoms with Crippen LogP contribution in [0.5, 0.6) is 0 Å². The van der Waals surface area contributed by atoms with Gasteiger partial charge in [-0.05, 0) is 30.5 Å². The quantitative estimate of drug-likeness (QED) is 0.665. The Hall–Kier alpha value is 0.451. The fraction of sp³-hybridized carbons (Fsp3) is 0.200. The summed E-state index contributed by atoms with van der Waals surface area (Å²) in [5.74, 6) is 0.321. The molecule has 1 rings (SSSR count). The molecule has 0 aliphatic carbocycles. The number of halogens is 3. The Morgan fingerprint density at radius 3 is 2.27 bits per heavy atom. The van der Waals surface area contributed by atoms with Crippen molar-refractivity contribution in [1.29, 1.82) is 0 Å². The minimum Gasteiger partial charge on any atom is -0.445 e. The zero-order chi connectivity index (χ0) is 10.8. The number of benzene rings is 1. The third kappa shape index (κ3) is 5.36. The summed E-state index contributed by atoms with van der Waals surface area (Å²) >= 11 is 0. The first-order valence-electron chi connectivity index (χ1n) is 4.35. The van der Waals surface area contributed by atoms with Crippen LogP contribution >= 0.6 is 0 Å². The van der Waals surface area contributed by atoms with Crippen LogP contribution in [0, 0.1) is 13.8 Å². The fourth-order valence-electron chi connectivity index (χ4n) is 1.17. The summed E-state index contributed by atoms with van der Waals surface area (Å²) in [6, 6.07) is 5.32. The Morgan fingerprint density at radius 2 is 1.73 bits per heavy atom. The fourth-order valence-corrected chi connectivity index (χ4v) is 1.17. The van der Waals surface area contributed by atoms with Crippen molar-refractivity contribution >= 4 is 13.1 Å². The van der Waals surface area contributed by atoms with E-state index in [2.05, 4.69) is 0 Å². The third-order valence-electron chi connectivity index (χ3n) is 2.14. The first-order chi connectivity index (χ1) is 6.40. The van der Waals surface area contributed by atoms with Crippen LogP contribution in [0.2, 0.25) is 0 Å². The summed E-state index contributed by atoms with van der Waals surface area (Å²) in [6.45, 7) is -1.14. The van der Waals surface area contributed by atoms with Crippen LogP contribution < -0.4 is 51.4 Å². The maximum Gasteiger partial charge on any atom is 1.00 e. The molecule has 5 heteroatoms. The second-order valence-electron chi connectivity index (χ2n) is 3.27. The van der Waals surface area contributed by atoms with Crippen molar-refractivity contribution in [2.45, 2.75) is 13.8 Å². The van der Waals surface area contributed by atoms with Crippen molar-refractivity contribution in [3.8, 4) is 0 Å². The van der Waals surface area contributed by atoms with E-state index in [1.54, 1.807) is 12.1 Å². The van der Waals surface area contributed by atoms with Gasteiger partial charge >= 0.3 is 58.4 Å². The standard InChI is InChI=1S/C10H11BF3.K/c1-8-4-3-5-10(9(8)2)6-7-11(12,13)14;/h3-7H,1-2H3;/q-1;+1/b7-6+;. The van der Waals surface area contributed by atoms with E-state index in [0.29, 0.717) is 11.5 Å². The van der Waals surface area contributed by atoms with Gasteiger partial charge in [0.1, 0.15) is 0 Å². The smallest absolute Gasteiger partial charge is 0.445 e. The van der Waals surface area contributed by atoms with Crippen LogP contribution in [0.3, 0.4) is 0 Å². The summed E-state index contributed by atoms with van der Waals surface area (Å²) < 4.78 is 35.8. The van der Waals surface area contributed by atoms with E-state index in [4.69, 9.17) is 0 Å². The molecule has 0 nitrogen and oxygen atoms in total. The topological polar surface area (TPSA) is 0 Å². The Morgan fingerprint density at radius 1 is 1.13 bits per heavy atom. The molecule has 0 N–H and O–H groups in total. The summed E-state index contributed by atoms with van der Waals surface area (Å²) in [7, 11) is 0. The van der Waals surface area contributed by atoms with Gasteiger partial charge in [0, 0.05) is 0 Å². The predicted molar refractivity (Wildman–Crippen MR) is 54.0 cm³/mol. The zero-order valence-electron chi connectivity index (χ0n) is 9.10. The van der Waals surface area contributed by atoms with Gasteiger partial charge in [-0.25, -0.2) is 0 Å². The van der Waals surface area contributed by atoms with Gasteiger partial charge in [-0.2, -0.15) is 0 Å². The molecule has 0 atom stereocenters. The van der Waals surface area contributed by atoms with E-state index in [0.717, 1.165) is 17.2 Å². The van der Waals surface area contributed by atoms with Gasteiger partial charge in [0.2, 0.25) is 0 Å². The predicted octanol–water partition coefficient (Wildman–Crippen LogP) is 0.707. The molecule has 0 aliphatic rings. The van der Waals surface area contributed by atoms with E-state index in [9.17, 15) is 12.9 Å². The minimum atomic E-state index is -4.83. The van der Waals surface area contributed by atoms with Crippen LogP contribution in [0.4, 0.5) is 12.9 Å². The molecular formula is C10H11BF3K. The van der Waals surface area contributed by atoms with E-state index < -0.39 is 6.98 Å². The van der Waals surface area contributed by atoms with Crippen LogP contribution in [0.25, 0.3) is 6.08 Å². The van der Waals surface area contributed by atoms with Gasteiger partial charge in [-0.3, -0.25) is 0 Å². The molecule has 0 spiro atoms. The van der Waals surface area contributed by atoms with Crippen molar-refractivity contribution in [2.24, 2.45) is 0 Å². The summed E-state index contributed by atoms with van der Waals surface area (Å²) in [4.78, 5) is 0. The zero-order valence-corrected chi connectivity index (χ0v) is 12.2. The number of hydrogen-bond donors (Lipinski definition) is 0. The van der Waals surface area contributed by atoms with Crippen molar-refractivity contribution in [3.63, 3.8) is 0 Å². The molecule has 0 heterocycles. The normalized spacial score (nSPS) is 11.5. The first kappa shape index (κ1) is 15.5. The maximum atomic E-state index is 11.9. The van der Waals surface area contributed by atoms with E-state index in [1.807, 2.05) is 19.9 Å².